The Morgan fingerprint density at radius 1 is 1.38 bits per heavy atom. The number of hydrogen-bond donors (Lipinski definition) is 1. The van der Waals surface area contributed by atoms with Gasteiger partial charge < -0.3 is 19.9 Å². The van der Waals surface area contributed by atoms with Crippen molar-refractivity contribution >= 4 is 29.1 Å². The van der Waals surface area contributed by atoms with Crippen molar-refractivity contribution in [3.63, 3.8) is 0 Å². The Kier molecular flexibility index (Phi) is 5.06. The molecule has 1 atom stereocenters. The number of nitrogens with one attached hydrogen (secondary N) is 1. The molecule has 7 heteroatoms. The molecule has 0 aromatic heterocycles. The summed E-state index contributed by atoms with van der Waals surface area (Å²) in [5.41, 5.74) is 1.78. The van der Waals surface area contributed by atoms with Gasteiger partial charge >= 0.3 is 0 Å². The molecule has 1 aromatic carbocycles. The smallest absolute Gasteiger partial charge is 0.246 e. The first-order valence-corrected chi connectivity index (χ1v) is 8.29. The molecule has 0 spiro atoms. The molecule has 128 valence electrons. The minimum absolute atomic E-state index is 0.00719. The number of carbonyl (C=O) groups is 2. The molecule has 0 aliphatic carbocycles. The average Bonchev–Trinajstić information content (AvgIpc) is 2.60. The molecule has 2 fully saturated rings. The highest BCUT2D eigenvalue weighted by Crippen LogP contribution is 2.31. The van der Waals surface area contributed by atoms with Crippen molar-refractivity contribution in [2.24, 2.45) is 0 Å². The maximum absolute atomic E-state index is 12.1. The Balaban J connectivity index is 1.90. The number of rotatable bonds is 3. The van der Waals surface area contributed by atoms with Crippen molar-refractivity contribution in [2.75, 3.05) is 44.3 Å². The third kappa shape index (κ3) is 3.55. The Labute approximate surface area is 146 Å². The monoisotopic (exact) mass is 349 g/mol. The molecule has 24 heavy (non-hydrogen) atoms. The standard InChI is InChI=1S/C17H20ClN3O3/c1-2-17(23)21-5-6-24-11-15(21)12-7-13(18)9-14(8-12)20-4-3-19-16(22)10-20/h2,7-9,15H,1,3-6,10-11H2,(H,19,22)/t15-/m0/s1. The van der Waals surface area contributed by atoms with E-state index in [4.69, 9.17) is 16.3 Å². The fraction of sp³-hybridized carbons (Fsp3) is 0.412. The minimum Gasteiger partial charge on any atom is -0.377 e. The van der Waals surface area contributed by atoms with Gasteiger partial charge in [-0.3, -0.25) is 9.59 Å². The Bertz CT molecular complexity index is 664. The lowest BCUT2D eigenvalue weighted by Crippen LogP contribution is -2.47. The van der Waals surface area contributed by atoms with Crippen molar-refractivity contribution < 1.29 is 14.3 Å². The lowest BCUT2D eigenvalue weighted by atomic mass is 10.0. The van der Waals surface area contributed by atoms with Crippen LogP contribution in [-0.4, -0.2) is 56.1 Å². The van der Waals surface area contributed by atoms with Crippen molar-refractivity contribution in [1.29, 1.82) is 0 Å². The summed E-state index contributed by atoms with van der Waals surface area (Å²) in [5.74, 6) is -0.130. The highest BCUT2D eigenvalue weighted by atomic mass is 35.5. The van der Waals surface area contributed by atoms with Gasteiger partial charge in [0.2, 0.25) is 11.8 Å². The minimum atomic E-state index is -0.208. The molecule has 2 heterocycles. The van der Waals surface area contributed by atoms with Gasteiger partial charge in [0.25, 0.3) is 0 Å². The van der Waals surface area contributed by atoms with Crippen LogP contribution in [0.25, 0.3) is 0 Å². The summed E-state index contributed by atoms with van der Waals surface area (Å²) in [7, 11) is 0. The molecule has 2 saturated heterocycles. The zero-order chi connectivity index (χ0) is 17.1. The number of halogens is 1. The summed E-state index contributed by atoms with van der Waals surface area (Å²) in [6.45, 7) is 6.65. The lowest BCUT2D eigenvalue weighted by molar-refractivity contribution is -0.134. The number of piperazine rings is 1. The normalized spacial score (nSPS) is 21.4. The van der Waals surface area contributed by atoms with Gasteiger partial charge in [-0.25, -0.2) is 0 Å². The number of morpholine rings is 1. The van der Waals surface area contributed by atoms with E-state index in [0.717, 1.165) is 17.8 Å². The van der Waals surface area contributed by atoms with Gasteiger partial charge in [-0.05, 0) is 29.8 Å². The molecule has 1 aromatic rings. The SMILES string of the molecule is C=CC(=O)N1CCOC[C@H]1c1cc(Cl)cc(N2CCNC(=O)C2)c1. The van der Waals surface area contributed by atoms with Crippen molar-refractivity contribution in [3.8, 4) is 0 Å². The topological polar surface area (TPSA) is 61.9 Å². The summed E-state index contributed by atoms with van der Waals surface area (Å²) in [6, 6.07) is 5.46. The van der Waals surface area contributed by atoms with Crippen LogP contribution in [-0.2, 0) is 14.3 Å². The van der Waals surface area contributed by atoms with Crippen LogP contribution in [0.15, 0.2) is 30.9 Å². The van der Waals surface area contributed by atoms with E-state index in [-0.39, 0.29) is 17.9 Å². The van der Waals surface area contributed by atoms with Gasteiger partial charge in [0, 0.05) is 30.3 Å². The number of anilines is 1. The summed E-state index contributed by atoms with van der Waals surface area (Å²) in [6.07, 6.45) is 1.32. The second-order valence-corrected chi connectivity index (χ2v) is 6.28. The van der Waals surface area contributed by atoms with Crippen LogP contribution in [0.3, 0.4) is 0 Å². The molecule has 0 unspecified atom stereocenters. The summed E-state index contributed by atoms with van der Waals surface area (Å²) < 4.78 is 5.55. The maximum atomic E-state index is 12.1. The number of amides is 2. The van der Waals surface area contributed by atoms with Gasteiger partial charge in [-0.1, -0.05) is 18.2 Å². The predicted molar refractivity (Wildman–Crippen MR) is 92.1 cm³/mol. The van der Waals surface area contributed by atoms with E-state index in [2.05, 4.69) is 11.9 Å². The molecule has 2 aliphatic heterocycles. The first-order valence-electron chi connectivity index (χ1n) is 7.91. The van der Waals surface area contributed by atoms with Gasteiger partial charge in [0.15, 0.2) is 0 Å². The number of carbonyl (C=O) groups excluding carboxylic acids is 2. The van der Waals surface area contributed by atoms with Crippen LogP contribution in [0.4, 0.5) is 5.69 Å². The van der Waals surface area contributed by atoms with E-state index < -0.39 is 0 Å². The van der Waals surface area contributed by atoms with Gasteiger partial charge in [0.05, 0.1) is 25.8 Å². The van der Waals surface area contributed by atoms with Gasteiger partial charge in [-0.2, -0.15) is 0 Å². The molecular formula is C17H20ClN3O3. The first-order chi connectivity index (χ1) is 11.6. The molecule has 6 nitrogen and oxygen atoms in total. The quantitative estimate of drug-likeness (QED) is 0.837. The molecule has 2 aliphatic rings. The van der Waals surface area contributed by atoms with Gasteiger partial charge in [0.1, 0.15) is 0 Å². The lowest BCUT2D eigenvalue weighted by Gasteiger charge is -2.36. The third-order valence-corrected chi connectivity index (χ3v) is 4.50. The molecule has 0 bridgehead atoms. The highest BCUT2D eigenvalue weighted by Gasteiger charge is 2.28. The van der Waals surface area contributed by atoms with E-state index in [1.807, 2.05) is 23.1 Å². The Hall–Kier alpha value is -2.05. The molecule has 2 amide bonds. The predicted octanol–water partition coefficient (Wildman–Crippen LogP) is 1.36. The van der Waals surface area contributed by atoms with Gasteiger partial charge in [-0.15, -0.1) is 0 Å². The van der Waals surface area contributed by atoms with Crippen LogP contribution < -0.4 is 10.2 Å². The largest absolute Gasteiger partial charge is 0.377 e. The summed E-state index contributed by atoms with van der Waals surface area (Å²) in [5, 5.41) is 3.38. The van der Waals surface area contributed by atoms with E-state index in [0.29, 0.717) is 37.9 Å². The third-order valence-electron chi connectivity index (χ3n) is 4.28. The summed E-state index contributed by atoms with van der Waals surface area (Å²) in [4.78, 5) is 27.5. The number of ether oxygens (including phenoxy) is 1. The molecule has 1 N–H and O–H groups in total. The van der Waals surface area contributed by atoms with Crippen molar-refractivity contribution in [3.05, 3.63) is 41.4 Å². The molecule has 0 radical (unpaired) electrons. The summed E-state index contributed by atoms with van der Waals surface area (Å²) >= 11 is 6.29. The average molecular weight is 350 g/mol. The highest BCUT2D eigenvalue weighted by molar-refractivity contribution is 6.31. The Morgan fingerprint density at radius 3 is 2.96 bits per heavy atom. The number of nitrogens with zero attached hydrogens (tertiary/aromatic N) is 2. The van der Waals surface area contributed by atoms with Crippen molar-refractivity contribution in [2.45, 2.75) is 6.04 Å². The first kappa shape index (κ1) is 16.8. The second kappa shape index (κ2) is 7.23. The van der Waals surface area contributed by atoms with Crippen molar-refractivity contribution in [1.82, 2.24) is 10.2 Å². The fourth-order valence-electron chi connectivity index (χ4n) is 3.09. The molecule has 0 saturated carbocycles. The number of hydrogen-bond acceptors (Lipinski definition) is 4. The van der Waals surface area contributed by atoms with E-state index in [1.54, 1.807) is 4.90 Å². The van der Waals surface area contributed by atoms with Crippen LogP contribution >= 0.6 is 11.6 Å². The maximum Gasteiger partial charge on any atom is 0.246 e. The fourth-order valence-corrected chi connectivity index (χ4v) is 3.33. The molecular weight excluding hydrogens is 330 g/mol. The van der Waals surface area contributed by atoms with E-state index >= 15 is 0 Å². The Morgan fingerprint density at radius 2 is 2.21 bits per heavy atom. The second-order valence-electron chi connectivity index (χ2n) is 5.84. The molecule has 3 rings (SSSR count). The van der Waals surface area contributed by atoms with E-state index in [9.17, 15) is 9.59 Å². The van der Waals surface area contributed by atoms with Crippen LogP contribution in [0.1, 0.15) is 11.6 Å². The zero-order valence-electron chi connectivity index (χ0n) is 13.3. The van der Waals surface area contributed by atoms with Crippen LogP contribution in [0, 0.1) is 0 Å². The van der Waals surface area contributed by atoms with Crippen LogP contribution in [0.5, 0.6) is 0 Å². The van der Waals surface area contributed by atoms with Crippen LogP contribution in [0.2, 0.25) is 5.02 Å². The van der Waals surface area contributed by atoms with E-state index in [1.165, 1.54) is 6.08 Å². The zero-order valence-corrected chi connectivity index (χ0v) is 14.1. The number of benzene rings is 1.